The Hall–Kier alpha value is -1.49. The quantitative estimate of drug-likeness (QED) is 0.840. The van der Waals surface area contributed by atoms with Crippen molar-refractivity contribution in [2.75, 3.05) is 0 Å². The van der Waals surface area contributed by atoms with Gasteiger partial charge in [0, 0.05) is 0 Å². The van der Waals surface area contributed by atoms with Crippen LogP contribution in [-0.2, 0) is 4.79 Å². The highest BCUT2D eigenvalue weighted by atomic mass is 32.1. The van der Waals surface area contributed by atoms with Gasteiger partial charge >= 0.3 is 0 Å². The molecule has 0 saturated heterocycles. The van der Waals surface area contributed by atoms with E-state index in [1.807, 2.05) is 6.92 Å². The second kappa shape index (κ2) is 5.48. The molecule has 2 rings (SSSR count). The molecule has 5 heteroatoms. The Morgan fingerprint density at radius 3 is 2.70 bits per heavy atom. The van der Waals surface area contributed by atoms with E-state index in [9.17, 15) is 9.18 Å². The molecular weight excluding hydrogens is 275 g/mol. The molecule has 0 aliphatic heterocycles. The van der Waals surface area contributed by atoms with Crippen LogP contribution >= 0.6 is 12.2 Å². The van der Waals surface area contributed by atoms with Gasteiger partial charge in [-0.3, -0.25) is 4.79 Å². The maximum atomic E-state index is 13.2. The van der Waals surface area contributed by atoms with Gasteiger partial charge in [0.2, 0.25) is 5.91 Å². The maximum absolute atomic E-state index is 13.2. The second-order valence-corrected chi connectivity index (χ2v) is 6.15. The van der Waals surface area contributed by atoms with E-state index in [2.05, 4.69) is 12.2 Å². The molecule has 1 unspecified atom stereocenters. The minimum absolute atomic E-state index is 0.153. The third kappa shape index (κ3) is 2.68. The van der Waals surface area contributed by atoms with E-state index in [1.54, 1.807) is 12.1 Å². The van der Waals surface area contributed by atoms with Crippen LogP contribution in [0.25, 0.3) is 0 Å². The Morgan fingerprint density at radius 1 is 1.55 bits per heavy atom. The number of amides is 1. The first kappa shape index (κ1) is 14.9. The third-order valence-corrected chi connectivity index (χ3v) is 4.39. The molecule has 3 N–H and O–H groups in total. The molecule has 1 aliphatic carbocycles. The first-order chi connectivity index (χ1) is 9.35. The van der Waals surface area contributed by atoms with Crippen LogP contribution in [0.3, 0.4) is 0 Å². The number of nitrogens with one attached hydrogen (secondary N) is 1. The van der Waals surface area contributed by atoms with Gasteiger partial charge in [-0.1, -0.05) is 31.3 Å². The highest BCUT2D eigenvalue weighted by Gasteiger charge is 2.51. The summed E-state index contributed by atoms with van der Waals surface area (Å²) < 4.78 is 13.2. The molecule has 1 fully saturated rings. The lowest BCUT2D eigenvalue weighted by Gasteiger charge is -2.44. The molecular formula is C15H19FN2OS. The fraction of sp³-hybridized carbons (Fsp3) is 0.467. The number of carbonyl (C=O) groups excluding carboxylic acids is 1. The Kier molecular flexibility index (Phi) is 4.09. The monoisotopic (exact) mass is 294 g/mol. The van der Waals surface area contributed by atoms with E-state index in [1.165, 1.54) is 12.1 Å². The van der Waals surface area contributed by atoms with Crippen molar-refractivity contribution in [2.24, 2.45) is 17.1 Å². The highest BCUT2D eigenvalue weighted by molar-refractivity contribution is 7.80. The van der Waals surface area contributed by atoms with Crippen molar-refractivity contribution in [3.05, 3.63) is 35.6 Å². The van der Waals surface area contributed by atoms with Crippen LogP contribution in [0.4, 0.5) is 4.39 Å². The molecule has 108 valence electrons. The smallest absolute Gasteiger partial charge is 0.233 e. The number of hydrogen-bond donors (Lipinski definition) is 2. The molecule has 3 nitrogen and oxygen atoms in total. The molecule has 0 heterocycles. The number of benzene rings is 1. The van der Waals surface area contributed by atoms with Crippen LogP contribution in [0.1, 0.15) is 38.3 Å². The molecule has 1 aliphatic rings. The van der Waals surface area contributed by atoms with Crippen LogP contribution in [0.5, 0.6) is 0 Å². The Bertz CT molecular complexity index is 540. The summed E-state index contributed by atoms with van der Waals surface area (Å²) in [4.78, 5) is 12.7. The van der Waals surface area contributed by atoms with Crippen molar-refractivity contribution in [3.8, 4) is 0 Å². The Labute approximate surface area is 123 Å². The standard InChI is InChI=1S/C15H19FN2OS/c1-9-7-15(8-9,13(17)20)14(19)18-10(2)11-4-3-5-12(16)6-11/h3-6,9-10H,7-8H2,1-2H3,(H2,17,20)(H,18,19). The minimum Gasteiger partial charge on any atom is -0.392 e. The van der Waals surface area contributed by atoms with E-state index in [4.69, 9.17) is 18.0 Å². The van der Waals surface area contributed by atoms with Crippen LogP contribution in [0.2, 0.25) is 0 Å². The summed E-state index contributed by atoms with van der Waals surface area (Å²) in [5.41, 5.74) is 5.74. The van der Waals surface area contributed by atoms with Gasteiger partial charge in [-0.25, -0.2) is 4.39 Å². The number of carbonyl (C=O) groups is 1. The molecule has 1 amide bonds. The number of hydrogen-bond acceptors (Lipinski definition) is 2. The van der Waals surface area contributed by atoms with E-state index >= 15 is 0 Å². The molecule has 1 aromatic carbocycles. The SMILES string of the molecule is CC1CC(C(=O)NC(C)c2cccc(F)c2)(C(N)=S)C1. The molecule has 20 heavy (non-hydrogen) atoms. The lowest BCUT2D eigenvalue weighted by atomic mass is 9.62. The van der Waals surface area contributed by atoms with E-state index < -0.39 is 5.41 Å². The van der Waals surface area contributed by atoms with Crippen molar-refractivity contribution in [2.45, 2.75) is 32.7 Å². The average molecular weight is 294 g/mol. The highest BCUT2D eigenvalue weighted by Crippen LogP contribution is 2.46. The van der Waals surface area contributed by atoms with Gasteiger partial charge in [-0.05, 0) is 43.4 Å². The van der Waals surface area contributed by atoms with E-state index in [0.29, 0.717) is 18.8 Å². The maximum Gasteiger partial charge on any atom is 0.233 e. The first-order valence-electron chi connectivity index (χ1n) is 6.71. The molecule has 0 aromatic heterocycles. The van der Waals surface area contributed by atoms with Gasteiger partial charge in [0.15, 0.2) is 0 Å². The third-order valence-electron chi connectivity index (χ3n) is 4.00. The molecule has 0 spiro atoms. The van der Waals surface area contributed by atoms with Gasteiger partial charge in [-0.15, -0.1) is 0 Å². The average Bonchev–Trinajstić information content (AvgIpc) is 2.34. The fourth-order valence-electron chi connectivity index (χ4n) is 2.82. The lowest BCUT2D eigenvalue weighted by molar-refractivity contribution is -0.133. The van der Waals surface area contributed by atoms with Gasteiger partial charge < -0.3 is 11.1 Å². The van der Waals surface area contributed by atoms with Crippen molar-refractivity contribution in [1.82, 2.24) is 5.32 Å². The number of thiocarbonyl (C=S) groups is 1. The topological polar surface area (TPSA) is 55.1 Å². The van der Waals surface area contributed by atoms with Gasteiger partial charge in [0.25, 0.3) is 0 Å². The van der Waals surface area contributed by atoms with Crippen molar-refractivity contribution in [1.29, 1.82) is 0 Å². The summed E-state index contributed by atoms with van der Waals surface area (Å²) in [5, 5.41) is 2.89. The predicted octanol–water partition coefficient (Wildman–Crippen LogP) is 2.71. The number of halogens is 1. The fourth-order valence-corrected chi connectivity index (χ4v) is 3.08. The zero-order chi connectivity index (χ0) is 14.9. The van der Waals surface area contributed by atoms with Gasteiger partial charge in [-0.2, -0.15) is 0 Å². The second-order valence-electron chi connectivity index (χ2n) is 5.71. The van der Waals surface area contributed by atoms with Crippen LogP contribution in [-0.4, -0.2) is 10.9 Å². The zero-order valence-corrected chi connectivity index (χ0v) is 12.5. The van der Waals surface area contributed by atoms with Crippen molar-refractivity contribution < 1.29 is 9.18 Å². The zero-order valence-electron chi connectivity index (χ0n) is 11.7. The molecule has 0 bridgehead atoms. The summed E-state index contributed by atoms with van der Waals surface area (Å²) in [6.45, 7) is 3.89. The molecule has 1 aromatic rings. The first-order valence-corrected chi connectivity index (χ1v) is 7.12. The summed E-state index contributed by atoms with van der Waals surface area (Å²) in [6.07, 6.45) is 1.37. The minimum atomic E-state index is -0.726. The summed E-state index contributed by atoms with van der Waals surface area (Å²) in [6, 6.07) is 5.93. The number of rotatable bonds is 4. The van der Waals surface area contributed by atoms with E-state index in [0.717, 1.165) is 5.56 Å². The number of nitrogens with two attached hydrogens (primary N) is 1. The van der Waals surface area contributed by atoms with Gasteiger partial charge in [0.1, 0.15) is 5.82 Å². The van der Waals surface area contributed by atoms with Crippen LogP contribution < -0.4 is 11.1 Å². The lowest BCUT2D eigenvalue weighted by Crippen LogP contribution is -2.56. The summed E-state index contributed by atoms with van der Waals surface area (Å²) in [7, 11) is 0. The Morgan fingerprint density at radius 2 is 2.20 bits per heavy atom. The van der Waals surface area contributed by atoms with Crippen LogP contribution in [0.15, 0.2) is 24.3 Å². The predicted molar refractivity (Wildman–Crippen MR) is 80.6 cm³/mol. The van der Waals surface area contributed by atoms with Crippen LogP contribution in [0, 0.1) is 17.2 Å². The molecule has 0 radical (unpaired) electrons. The Balaban J connectivity index is 2.09. The largest absolute Gasteiger partial charge is 0.392 e. The van der Waals surface area contributed by atoms with E-state index in [-0.39, 0.29) is 22.8 Å². The normalized spacial score (nSPS) is 26.4. The van der Waals surface area contributed by atoms with Crippen molar-refractivity contribution in [3.63, 3.8) is 0 Å². The van der Waals surface area contributed by atoms with Gasteiger partial charge in [0.05, 0.1) is 16.4 Å². The summed E-state index contributed by atoms with van der Waals surface area (Å²) in [5.74, 6) is -0.0171. The molecule has 1 saturated carbocycles. The van der Waals surface area contributed by atoms with Crippen molar-refractivity contribution >= 4 is 23.1 Å². The summed E-state index contributed by atoms with van der Waals surface area (Å²) >= 11 is 5.06. The molecule has 1 atom stereocenters.